The molecule has 2 rings (SSSR count). The van der Waals surface area contributed by atoms with Crippen LogP contribution in [0, 0.1) is 10.1 Å². The van der Waals surface area contributed by atoms with Gasteiger partial charge in [-0.05, 0) is 18.6 Å². The number of hydrogen-bond donors (Lipinski definition) is 1. The summed E-state index contributed by atoms with van der Waals surface area (Å²) in [5.74, 6) is 0.329. The van der Waals surface area contributed by atoms with Gasteiger partial charge in [0, 0.05) is 23.4 Å². The molecule has 94 valence electrons. The summed E-state index contributed by atoms with van der Waals surface area (Å²) in [7, 11) is 0. The molecule has 1 fully saturated rings. The maximum Gasteiger partial charge on any atom is 0.269 e. The lowest BCUT2D eigenvalue weighted by molar-refractivity contribution is -0.384. The Morgan fingerprint density at radius 1 is 1.39 bits per heavy atom. The first-order chi connectivity index (χ1) is 8.58. The van der Waals surface area contributed by atoms with E-state index >= 15 is 0 Å². The number of nitrogens with zero attached hydrogens (tertiary/aromatic N) is 1. The second kappa shape index (κ2) is 5.18. The van der Waals surface area contributed by atoms with Gasteiger partial charge < -0.3 is 5.32 Å². The molecule has 1 amide bonds. The average molecular weight is 266 g/mol. The number of benzene rings is 1. The largest absolute Gasteiger partial charge is 0.341 e. The molecule has 0 saturated carbocycles. The lowest BCUT2D eigenvalue weighted by Crippen LogP contribution is -2.37. The third-order valence-corrected chi connectivity index (χ3v) is 3.59. The van der Waals surface area contributed by atoms with Crippen LogP contribution in [0.2, 0.25) is 0 Å². The Morgan fingerprint density at radius 3 is 2.56 bits per heavy atom. The number of nitro groups is 1. The van der Waals surface area contributed by atoms with E-state index in [9.17, 15) is 19.7 Å². The fourth-order valence-electron chi connectivity index (χ4n) is 1.60. The van der Waals surface area contributed by atoms with Crippen molar-refractivity contribution in [1.82, 2.24) is 5.32 Å². The minimum absolute atomic E-state index is 0.0368. The third kappa shape index (κ3) is 2.67. The van der Waals surface area contributed by atoms with Crippen LogP contribution in [0.1, 0.15) is 16.8 Å². The van der Waals surface area contributed by atoms with Crippen LogP contribution in [-0.2, 0) is 4.79 Å². The number of carbonyl (C=O) groups excluding carboxylic acids is 2. The topological polar surface area (TPSA) is 89.3 Å². The van der Waals surface area contributed by atoms with Gasteiger partial charge in [0.05, 0.1) is 11.0 Å². The van der Waals surface area contributed by atoms with Crippen molar-refractivity contribution in [3.05, 3.63) is 39.9 Å². The normalized spacial score (nSPS) is 18.7. The smallest absolute Gasteiger partial charge is 0.269 e. The van der Waals surface area contributed by atoms with Crippen LogP contribution >= 0.6 is 11.8 Å². The first kappa shape index (κ1) is 12.6. The van der Waals surface area contributed by atoms with Crippen molar-refractivity contribution in [2.45, 2.75) is 12.5 Å². The highest BCUT2D eigenvalue weighted by Crippen LogP contribution is 2.20. The summed E-state index contributed by atoms with van der Waals surface area (Å²) in [5.41, 5.74) is 0.240. The van der Waals surface area contributed by atoms with Gasteiger partial charge in [0.1, 0.15) is 0 Å². The first-order valence-corrected chi connectivity index (χ1v) is 6.28. The maximum absolute atomic E-state index is 11.8. The Kier molecular flexibility index (Phi) is 3.61. The van der Waals surface area contributed by atoms with Gasteiger partial charge in [-0.25, -0.2) is 0 Å². The summed E-state index contributed by atoms with van der Waals surface area (Å²) in [6.45, 7) is 0. The van der Waals surface area contributed by atoms with Crippen LogP contribution in [0.4, 0.5) is 5.69 Å². The summed E-state index contributed by atoms with van der Waals surface area (Å²) >= 11 is 1.21. The minimum atomic E-state index is -0.529. The van der Waals surface area contributed by atoms with Crippen LogP contribution < -0.4 is 5.32 Å². The molecule has 1 aliphatic heterocycles. The SMILES string of the molecule is O=C(N[C@@H]1CCSC1=O)c1ccc([N+](=O)[O-])cc1. The number of nitro benzene ring substituents is 1. The molecule has 1 heterocycles. The zero-order valence-electron chi connectivity index (χ0n) is 9.29. The van der Waals surface area contributed by atoms with E-state index < -0.39 is 11.0 Å². The van der Waals surface area contributed by atoms with E-state index in [2.05, 4.69) is 5.32 Å². The van der Waals surface area contributed by atoms with Gasteiger partial charge in [0.2, 0.25) is 5.12 Å². The Balaban J connectivity index is 2.04. The zero-order chi connectivity index (χ0) is 13.1. The fourth-order valence-corrected chi connectivity index (χ4v) is 2.54. The lowest BCUT2D eigenvalue weighted by atomic mass is 10.1. The predicted octanol–water partition coefficient (Wildman–Crippen LogP) is 1.36. The van der Waals surface area contributed by atoms with Gasteiger partial charge in [0.15, 0.2) is 0 Å². The average Bonchev–Trinajstić information content (AvgIpc) is 2.75. The van der Waals surface area contributed by atoms with E-state index in [0.717, 1.165) is 0 Å². The van der Waals surface area contributed by atoms with Crippen LogP contribution in [0.3, 0.4) is 0 Å². The molecule has 0 bridgehead atoms. The molecule has 0 aliphatic carbocycles. The van der Waals surface area contributed by atoms with Gasteiger partial charge in [-0.2, -0.15) is 0 Å². The number of non-ortho nitro benzene ring substituents is 1. The van der Waals surface area contributed by atoms with Crippen molar-refractivity contribution >= 4 is 28.5 Å². The van der Waals surface area contributed by atoms with Crippen LogP contribution in [0.25, 0.3) is 0 Å². The molecule has 1 N–H and O–H groups in total. The van der Waals surface area contributed by atoms with Crippen LogP contribution in [-0.4, -0.2) is 27.7 Å². The molecule has 1 saturated heterocycles. The Hall–Kier alpha value is -1.89. The summed E-state index contributed by atoms with van der Waals surface area (Å²) in [6, 6.07) is 4.83. The zero-order valence-corrected chi connectivity index (χ0v) is 10.1. The molecule has 7 heteroatoms. The standard InChI is InChI=1S/C11H10N2O4S/c14-10(12-9-5-6-18-11(9)15)7-1-3-8(4-2-7)13(16)17/h1-4,9H,5-6H2,(H,12,14)/t9-/m1/s1. The highest BCUT2D eigenvalue weighted by Gasteiger charge is 2.27. The van der Waals surface area contributed by atoms with Crippen LogP contribution in [0.5, 0.6) is 0 Å². The van der Waals surface area contributed by atoms with Crippen molar-refractivity contribution in [1.29, 1.82) is 0 Å². The molecule has 0 aromatic heterocycles. The summed E-state index contributed by atoms with van der Waals surface area (Å²) in [4.78, 5) is 33.1. The minimum Gasteiger partial charge on any atom is -0.341 e. The molecule has 0 radical (unpaired) electrons. The van der Waals surface area contributed by atoms with Gasteiger partial charge >= 0.3 is 0 Å². The lowest BCUT2D eigenvalue weighted by Gasteiger charge is -2.09. The quantitative estimate of drug-likeness (QED) is 0.659. The molecule has 18 heavy (non-hydrogen) atoms. The van der Waals surface area contributed by atoms with Crippen molar-refractivity contribution in [2.75, 3.05) is 5.75 Å². The summed E-state index contributed by atoms with van der Waals surface area (Å²) in [6.07, 6.45) is 0.627. The van der Waals surface area contributed by atoms with Crippen molar-refractivity contribution in [3.63, 3.8) is 0 Å². The molecular weight excluding hydrogens is 256 g/mol. The number of hydrogen-bond acceptors (Lipinski definition) is 5. The van der Waals surface area contributed by atoms with E-state index in [1.165, 1.54) is 36.0 Å². The van der Waals surface area contributed by atoms with E-state index in [1.54, 1.807) is 0 Å². The molecular formula is C11H10N2O4S. The fraction of sp³-hybridized carbons (Fsp3) is 0.273. The van der Waals surface area contributed by atoms with E-state index in [-0.39, 0.29) is 16.7 Å². The second-order valence-corrected chi connectivity index (χ2v) is 4.89. The van der Waals surface area contributed by atoms with Crippen molar-refractivity contribution in [2.24, 2.45) is 0 Å². The molecule has 1 aromatic rings. The van der Waals surface area contributed by atoms with E-state index in [4.69, 9.17) is 0 Å². The first-order valence-electron chi connectivity index (χ1n) is 5.30. The monoisotopic (exact) mass is 266 g/mol. The van der Waals surface area contributed by atoms with Crippen molar-refractivity contribution < 1.29 is 14.5 Å². The number of amides is 1. The molecule has 1 aliphatic rings. The number of nitrogens with one attached hydrogen (secondary N) is 1. The number of rotatable bonds is 3. The highest BCUT2D eigenvalue weighted by molar-refractivity contribution is 8.14. The molecule has 6 nitrogen and oxygen atoms in total. The summed E-state index contributed by atoms with van der Waals surface area (Å²) in [5, 5.41) is 13.0. The van der Waals surface area contributed by atoms with E-state index in [0.29, 0.717) is 17.7 Å². The molecule has 0 spiro atoms. The number of thioether (sulfide) groups is 1. The molecule has 0 unspecified atom stereocenters. The molecule has 1 aromatic carbocycles. The Morgan fingerprint density at radius 2 is 2.06 bits per heavy atom. The van der Waals surface area contributed by atoms with Gasteiger partial charge in [-0.15, -0.1) is 0 Å². The number of carbonyl (C=O) groups is 2. The van der Waals surface area contributed by atoms with Gasteiger partial charge in [-0.1, -0.05) is 11.8 Å². The maximum atomic E-state index is 11.8. The van der Waals surface area contributed by atoms with Crippen molar-refractivity contribution in [3.8, 4) is 0 Å². The third-order valence-electron chi connectivity index (χ3n) is 2.58. The Bertz CT molecular complexity index is 500. The molecule has 1 atom stereocenters. The Labute approximate surface area is 107 Å². The highest BCUT2D eigenvalue weighted by atomic mass is 32.2. The predicted molar refractivity (Wildman–Crippen MR) is 66.4 cm³/mol. The second-order valence-electron chi connectivity index (χ2n) is 3.79. The summed E-state index contributed by atoms with van der Waals surface area (Å²) < 4.78 is 0. The van der Waals surface area contributed by atoms with Gasteiger partial charge in [-0.3, -0.25) is 19.7 Å². The van der Waals surface area contributed by atoms with Gasteiger partial charge in [0.25, 0.3) is 11.6 Å². The van der Waals surface area contributed by atoms with E-state index in [1.807, 2.05) is 0 Å². The van der Waals surface area contributed by atoms with Crippen LogP contribution in [0.15, 0.2) is 24.3 Å².